The highest BCUT2D eigenvalue weighted by molar-refractivity contribution is 6.30. The third-order valence-electron chi connectivity index (χ3n) is 1.80. The topological polar surface area (TPSA) is 62.1 Å². The van der Waals surface area contributed by atoms with Gasteiger partial charge in [-0.1, -0.05) is 17.7 Å². The van der Waals surface area contributed by atoms with E-state index in [0.29, 0.717) is 17.2 Å². The number of carbonyl (C=O) groups excluding carboxylic acids is 1. The van der Waals surface area contributed by atoms with Crippen LogP contribution in [-0.4, -0.2) is 18.7 Å². The number of halogens is 1. The van der Waals surface area contributed by atoms with Crippen LogP contribution >= 0.6 is 11.6 Å². The number of amides is 1. The molecule has 0 aromatic heterocycles. The van der Waals surface area contributed by atoms with Gasteiger partial charge in [0.1, 0.15) is 6.07 Å². The van der Waals surface area contributed by atoms with Crippen LogP contribution in [0, 0.1) is 11.3 Å². The Labute approximate surface area is 98.8 Å². The zero-order valence-corrected chi connectivity index (χ0v) is 9.49. The Morgan fingerprint density at radius 2 is 2.44 bits per heavy atom. The Balaban J connectivity index is 2.69. The van der Waals surface area contributed by atoms with Crippen LogP contribution in [0.25, 0.3) is 0 Å². The lowest BCUT2D eigenvalue weighted by atomic mass is 10.2. The van der Waals surface area contributed by atoms with Crippen LogP contribution < -0.4 is 5.32 Å². The maximum absolute atomic E-state index is 11.6. The lowest BCUT2D eigenvalue weighted by molar-refractivity contribution is 0.0615. The van der Waals surface area contributed by atoms with Crippen LogP contribution in [0.5, 0.6) is 0 Å². The molecule has 5 heteroatoms. The third kappa shape index (κ3) is 3.54. The second-order valence-electron chi connectivity index (χ2n) is 2.95. The largest absolute Gasteiger partial charge is 0.346 e. The van der Waals surface area contributed by atoms with Gasteiger partial charge in [-0.2, -0.15) is 5.26 Å². The Morgan fingerprint density at radius 3 is 3.00 bits per heavy atom. The molecular weight excluding hydrogens is 228 g/mol. The van der Waals surface area contributed by atoms with Crippen molar-refractivity contribution in [3.05, 3.63) is 34.9 Å². The minimum absolute atomic E-state index is 0.355. The fourth-order valence-electron chi connectivity index (χ4n) is 1.11. The average Bonchev–Trinajstić information content (AvgIpc) is 2.28. The fraction of sp³-hybridized carbons (Fsp3) is 0.273. The van der Waals surface area contributed by atoms with Gasteiger partial charge >= 0.3 is 0 Å². The second-order valence-corrected chi connectivity index (χ2v) is 3.38. The van der Waals surface area contributed by atoms with Crippen molar-refractivity contribution in [3.8, 4) is 6.07 Å². The van der Waals surface area contributed by atoms with E-state index in [1.165, 1.54) is 6.07 Å². The number of nitrogens with one attached hydrogen (secondary N) is 1. The summed E-state index contributed by atoms with van der Waals surface area (Å²) in [6.07, 6.45) is -0.934. The molecule has 1 N–H and O–H groups in total. The number of hydrogen-bond acceptors (Lipinski definition) is 3. The highest BCUT2D eigenvalue weighted by Gasteiger charge is 2.12. The number of rotatable bonds is 4. The lowest BCUT2D eigenvalue weighted by Gasteiger charge is -2.11. The third-order valence-corrected chi connectivity index (χ3v) is 2.03. The summed E-state index contributed by atoms with van der Waals surface area (Å²) in [7, 11) is 0. The summed E-state index contributed by atoms with van der Waals surface area (Å²) >= 11 is 5.74. The first-order chi connectivity index (χ1) is 7.67. The molecule has 84 valence electrons. The molecule has 1 rings (SSSR count). The number of carbonyl (C=O) groups is 1. The summed E-state index contributed by atoms with van der Waals surface area (Å²) in [6, 6.07) is 8.30. The van der Waals surface area contributed by atoms with E-state index in [2.05, 4.69) is 5.32 Å². The van der Waals surface area contributed by atoms with Crippen LogP contribution in [-0.2, 0) is 4.74 Å². The minimum atomic E-state index is -0.934. The Bertz CT molecular complexity index is 415. The maximum Gasteiger partial charge on any atom is 0.254 e. The van der Waals surface area contributed by atoms with Gasteiger partial charge in [-0.15, -0.1) is 0 Å². The predicted octanol–water partition coefficient (Wildman–Crippen LogP) is 1.96. The first-order valence-electron chi connectivity index (χ1n) is 4.75. The number of ether oxygens (including phenoxy) is 1. The molecule has 1 amide bonds. The highest BCUT2D eigenvalue weighted by atomic mass is 35.5. The number of nitriles is 1. The number of nitrogens with zero attached hydrogens (tertiary/aromatic N) is 1. The molecule has 4 nitrogen and oxygen atoms in total. The van der Waals surface area contributed by atoms with Crippen LogP contribution in [0.3, 0.4) is 0 Å². The van der Waals surface area contributed by atoms with Gasteiger partial charge in [0.05, 0.1) is 0 Å². The molecule has 0 radical (unpaired) electrons. The van der Waals surface area contributed by atoms with Crippen molar-refractivity contribution in [3.63, 3.8) is 0 Å². The van der Waals surface area contributed by atoms with E-state index in [-0.39, 0.29) is 5.91 Å². The summed E-state index contributed by atoms with van der Waals surface area (Å²) < 4.78 is 4.99. The van der Waals surface area contributed by atoms with Gasteiger partial charge in [0.25, 0.3) is 5.91 Å². The molecule has 0 aliphatic carbocycles. The Morgan fingerprint density at radius 1 is 1.69 bits per heavy atom. The van der Waals surface area contributed by atoms with Crippen molar-refractivity contribution in [2.45, 2.75) is 13.2 Å². The lowest BCUT2D eigenvalue weighted by Crippen LogP contribution is -2.35. The molecule has 16 heavy (non-hydrogen) atoms. The van der Waals surface area contributed by atoms with Crippen molar-refractivity contribution in [1.82, 2.24) is 5.32 Å². The smallest absolute Gasteiger partial charge is 0.254 e. The van der Waals surface area contributed by atoms with Gasteiger partial charge in [0.2, 0.25) is 6.23 Å². The summed E-state index contributed by atoms with van der Waals surface area (Å²) in [6.45, 7) is 2.10. The van der Waals surface area contributed by atoms with E-state index in [4.69, 9.17) is 21.6 Å². The van der Waals surface area contributed by atoms with Crippen molar-refractivity contribution in [1.29, 1.82) is 5.26 Å². The Kier molecular flexibility index (Phi) is 4.77. The predicted molar refractivity (Wildman–Crippen MR) is 59.9 cm³/mol. The maximum atomic E-state index is 11.6. The van der Waals surface area contributed by atoms with E-state index < -0.39 is 6.23 Å². The van der Waals surface area contributed by atoms with Gasteiger partial charge in [0.15, 0.2) is 0 Å². The van der Waals surface area contributed by atoms with Gasteiger partial charge < -0.3 is 10.1 Å². The van der Waals surface area contributed by atoms with Crippen molar-refractivity contribution in [2.24, 2.45) is 0 Å². The van der Waals surface area contributed by atoms with E-state index in [0.717, 1.165) is 0 Å². The number of hydrogen-bond donors (Lipinski definition) is 1. The van der Waals surface area contributed by atoms with E-state index in [1.807, 2.05) is 6.07 Å². The van der Waals surface area contributed by atoms with Gasteiger partial charge in [0, 0.05) is 17.2 Å². The monoisotopic (exact) mass is 238 g/mol. The molecule has 0 bridgehead atoms. The van der Waals surface area contributed by atoms with Crippen LogP contribution in [0.4, 0.5) is 0 Å². The second kappa shape index (κ2) is 6.11. The molecule has 1 aromatic carbocycles. The average molecular weight is 239 g/mol. The Hall–Kier alpha value is -1.57. The summed E-state index contributed by atoms with van der Waals surface area (Å²) in [5, 5.41) is 11.6. The zero-order chi connectivity index (χ0) is 12.0. The first kappa shape index (κ1) is 12.5. The number of benzene rings is 1. The fourth-order valence-corrected chi connectivity index (χ4v) is 1.30. The van der Waals surface area contributed by atoms with Crippen LogP contribution in [0.2, 0.25) is 5.02 Å². The standard InChI is InChI=1S/C11H11ClN2O2/c1-2-16-10(7-13)14-11(15)8-4-3-5-9(12)6-8/h3-6,10H,2H2,1H3,(H,14,15). The van der Waals surface area contributed by atoms with Crippen LogP contribution in [0.1, 0.15) is 17.3 Å². The van der Waals surface area contributed by atoms with Gasteiger partial charge in [-0.25, -0.2) is 0 Å². The molecular formula is C11H11ClN2O2. The van der Waals surface area contributed by atoms with E-state index in [1.54, 1.807) is 25.1 Å². The SMILES string of the molecule is CCOC(C#N)NC(=O)c1cccc(Cl)c1. The minimum Gasteiger partial charge on any atom is -0.346 e. The molecule has 1 atom stereocenters. The molecule has 0 aliphatic heterocycles. The van der Waals surface area contributed by atoms with Crippen molar-refractivity contribution in [2.75, 3.05) is 6.61 Å². The normalized spacial score (nSPS) is 11.6. The molecule has 0 aliphatic rings. The van der Waals surface area contributed by atoms with Crippen molar-refractivity contribution < 1.29 is 9.53 Å². The quantitative estimate of drug-likeness (QED) is 0.816. The van der Waals surface area contributed by atoms with Gasteiger partial charge in [-0.3, -0.25) is 4.79 Å². The molecule has 0 heterocycles. The molecule has 0 fully saturated rings. The molecule has 1 unspecified atom stereocenters. The highest BCUT2D eigenvalue weighted by Crippen LogP contribution is 2.10. The summed E-state index contributed by atoms with van der Waals surface area (Å²) in [4.78, 5) is 11.6. The zero-order valence-electron chi connectivity index (χ0n) is 8.74. The molecule has 0 saturated heterocycles. The van der Waals surface area contributed by atoms with E-state index >= 15 is 0 Å². The van der Waals surface area contributed by atoms with Crippen LogP contribution in [0.15, 0.2) is 24.3 Å². The molecule has 1 aromatic rings. The molecule has 0 spiro atoms. The van der Waals surface area contributed by atoms with E-state index in [9.17, 15) is 4.79 Å². The first-order valence-corrected chi connectivity index (χ1v) is 5.12. The molecule has 0 saturated carbocycles. The van der Waals surface area contributed by atoms with Gasteiger partial charge in [-0.05, 0) is 25.1 Å². The summed E-state index contributed by atoms with van der Waals surface area (Å²) in [5.41, 5.74) is 0.396. The van der Waals surface area contributed by atoms with Crippen molar-refractivity contribution >= 4 is 17.5 Å². The summed E-state index contributed by atoms with van der Waals surface area (Å²) in [5.74, 6) is -0.387.